The summed E-state index contributed by atoms with van der Waals surface area (Å²) < 4.78 is 1.79. The zero-order valence-corrected chi connectivity index (χ0v) is 11.5. The van der Waals surface area contributed by atoms with Crippen molar-refractivity contribution >= 4 is 11.6 Å². The van der Waals surface area contributed by atoms with Crippen molar-refractivity contribution in [1.29, 1.82) is 0 Å². The van der Waals surface area contributed by atoms with Gasteiger partial charge in [-0.25, -0.2) is 4.68 Å². The van der Waals surface area contributed by atoms with Crippen molar-refractivity contribution in [2.45, 2.75) is 26.8 Å². The van der Waals surface area contributed by atoms with Crippen molar-refractivity contribution in [2.75, 3.05) is 6.54 Å². The Balaban J connectivity index is 2.26. The Morgan fingerprint density at radius 1 is 1.28 bits per heavy atom. The maximum absolute atomic E-state index is 6.40. The minimum absolute atomic E-state index is 0.697. The summed E-state index contributed by atoms with van der Waals surface area (Å²) in [7, 11) is 0. The molecule has 0 atom stereocenters. The molecule has 0 saturated carbocycles. The number of nitrogens with one attached hydrogen (secondary N) is 1. The van der Waals surface area contributed by atoms with E-state index in [1.807, 2.05) is 37.3 Å². The van der Waals surface area contributed by atoms with Gasteiger partial charge in [0.15, 0.2) is 0 Å². The number of aryl methyl sites for hydroxylation is 1. The van der Waals surface area contributed by atoms with Crippen LogP contribution in [0.1, 0.15) is 24.6 Å². The van der Waals surface area contributed by atoms with Gasteiger partial charge in [-0.05, 0) is 32.0 Å². The molecule has 0 aliphatic carbocycles. The van der Waals surface area contributed by atoms with Crippen LogP contribution in [0.4, 0.5) is 0 Å². The van der Waals surface area contributed by atoms with E-state index in [2.05, 4.69) is 17.3 Å². The minimum Gasteiger partial charge on any atom is -0.313 e. The van der Waals surface area contributed by atoms with Crippen molar-refractivity contribution in [3.05, 3.63) is 46.7 Å². The van der Waals surface area contributed by atoms with E-state index in [9.17, 15) is 0 Å². The number of hydrogen-bond donors (Lipinski definition) is 1. The molecule has 1 N–H and O–H groups in total. The van der Waals surface area contributed by atoms with Crippen LogP contribution < -0.4 is 5.32 Å². The standard InChI is InChI=1S/C14H18ClN3/c1-3-9-16-10-13-11(2)17-18(14(13)15)12-7-5-4-6-8-12/h4-8,16H,3,9-10H2,1-2H3. The van der Waals surface area contributed by atoms with Crippen LogP contribution in [0.15, 0.2) is 30.3 Å². The van der Waals surface area contributed by atoms with Gasteiger partial charge in [0.25, 0.3) is 0 Å². The molecule has 0 amide bonds. The predicted molar refractivity (Wildman–Crippen MR) is 75.3 cm³/mol. The smallest absolute Gasteiger partial charge is 0.137 e. The zero-order chi connectivity index (χ0) is 13.0. The highest BCUT2D eigenvalue weighted by Gasteiger charge is 2.13. The number of aromatic nitrogens is 2. The Bertz CT molecular complexity index is 505. The van der Waals surface area contributed by atoms with E-state index in [0.717, 1.165) is 36.5 Å². The summed E-state index contributed by atoms with van der Waals surface area (Å²) in [6.07, 6.45) is 1.11. The van der Waals surface area contributed by atoms with Crippen LogP contribution in [0, 0.1) is 6.92 Å². The van der Waals surface area contributed by atoms with Crippen molar-refractivity contribution < 1.29 is 0 Å². The molecule has 0 radical (unpaired) electrons. The molecule has 0 spiro atoms. The summed E-state index contributed by atoms with van der Waals surface area (Å²) in [5, 5.41) is 8.56. The third-order valence-electron chi connectivity index (χ3n) is 2.85. The SMILES string of the molecule is CCCNCc1c(C)nn(-c2ccccc2)c1Cl. The summed E-state index contributed by atoms with van der Waals surface area (Å²) >= 11 is 6.40. The Hall–Kier alpha value is -1.32. The van der Waals surface area contributed by atoms with Crippen molar-refractivity contribution in [3.8, 4) is 5.69 Å². The second kappa shape index (κ2) is 6.03. The lowest BCUT2D eigenvalue weighted by Gasteiger charge is -2.04. The Kier molecular flexibility index (Phi) is 4.39. The summed E-state index contributed by atoms with van der Waals surface area (Å²) in [5.74, 6) is 0. The maximum Gasteiger partial charge on any atom is 0.137 e. The first-order valence-corrected chi connectivity index (χ1v) is 6.62. The minimum atomic E-state index is 0.697. The summed E-state index contributed by atoms with van der Waals surface area (Å²) in [6, 6.07) is 9.95. The van der Waals surface area contributed by atoms with Gasteiger partial charge in [-0.3, -0.25) is 0 Å². The van der Waals surface area contributed by atoms with Crippen LogP contribution in [0.25, 0.3) is 5.69 Å². The van der Waals surface area contributed by atoms with Crippen LogP contribution >= 0.6 is 11.6 Å². The van der Waals surface area contributed by atoms with E-state index in [-0.39, 0.29) is 0 Å². The molecular weight excluding hydrogens is 246 g/mol. The summed E-state index contributed by atoms with van der Waals surface area (Å²) in [4.78, 5) is 0. The van der Waals surface area contributed by atoms with E-state index in [4.69, 9.17) is 11.6 Å². The zero-order valence-electron chi connectivity index (χ0n) is 10.8. The van der Waals surface area contributed by atoms with Gasteiger partial charge in [0.1, 0.15) is 5.15 Å². The molecule has 0 bridgehead atoms. The first-order chi connectivity index (χ1) is 8.74. The van der Waals surface area contributed by atoms with Crippen molar-refractivity contribution in [1.82, 2.24) is 15.1 Å². The summed E-state index contributed by atoms with van der Waals surface area (Å²) in [5.41, 5.74) is 3.05. The normalized spacial score (nSPS) is 10.8. The monoisotopic (exact) mass is 263 g/mol. The van der Waals surface area contributed by atoms with Gasteiger partial charge < -0.3 is 5.32 Å². The third kappa shape index (κ3) is 2.74. The second-order valence-corrected chi connectivity index (χ2v) is 4.64. The molecule has 0 aliphatic rings. The maximum atomic E-state index is 6.40. The van der Waals surface area contributed by atoms with Gasteiger partial charge in [-0.1, -0.05) is 36.7 Å². The number of para-hydroxylation sites is 1. The van der Waals surface area contributed by atoms with Gasteiger partial charge in [0.05, 0.1) is 11.4 Å². The number of halogens is 1. The number of hydrogen-bond acceptors (Lipinski definition) is 2. The molecule has 1 aromatic carbocycles. The molecular formula is C14H18ClN3. The first-order valence-electron chi connectivity index (χ1n) is 6.24. The molecule has 1 heterocycles. The summed E-state index contributed by atoms with van der Waals surface area (Å²) in [6.45, 7) is 5.90. The topological polar surface area (TPSA) is 29.9 Å². The number of benzene rings is 1. The van der Waals surface area contributed by atoms with Crippen LogP contribution in [0.2, 0.25) is 5.15 Å². The Labute approximate surface area is 113 Å². The molecule has 3 nitrogen and oxygen atoms in total. The van der Waals surface area contributed by atoms with Crippen LogP contribution in [-0.4, -0.2) is 16.3 Å². The van der Waals surface area contributed by atoms with Gasteiger partial charge in [0.2, 0.25) is 0 Å². The second-order valence-electron chi connectivity index (χ2n) is 4.28. The fraction of sp³-hybridized carbons (Fsp3) is 0.357. The Morgan fingerprint density at radius 3 is 2.67 bits per heavy atom. The van der Waals surface area contributed by atoms with Gasteiger partial charge >= 0.3 is 0 Å². The van der Waals surface area contributed by atoms with Gasteiger partial charge in [-0.15, -0.1) is 0 Å². The fourth-order valence-electron chi connectivity index (χ4n) is 1.86. The van der Waals surface area contributed by atoms with Gasteiger partial charge in [-0.2, -0.15) is 5.10 Å². The van der Waals surface area contributed by atoms with Crippen LogP contribution in [0.3, 0.4) is 0 Å². The molecule has 96 valence electrons. The lowest BCUT2D eigenvalue weighted by molar-refractivity contribution is 0.673. The van der Waals surface area contributed by atoms with Crippen LogP contribution in [0.5, 0.6) is 0 Å². The fourth-order valence-corrected chi connectivity index (χ4v) is 2.20. The van der Waals surface area contributed by atoms with E-state index in [1.165, 1.54) is 0 Å². The highest BCUT2D eigenvalue weighted by Crippen LogP contribution is 2.23. The molecule has 2 aromatic rings. The lowest BCUT2D eigenvalue weighted by atomic mass is 10.2. The molecule has 4 heteroatoms. The van der Waals surface area contributed by atoms with E-state index in [0.29, 0.717) is 5.15 Å². The largest absolute Gasteiger partial charge is 0.313 e. The number of nitrogens with zero attached hydrogens (tertiary/aromatic N) is 2. The highest BCUT2D eigenvalue weighted by atomic mass is 35.5. The number of rotatable bonds is 5. The lowest BCUT2D eigenvalue weighted by Crippen LogP contribution is -2.14. The van der Waals surface area contributed by atoms with Crippen molar-refractivity contribution in [2.24, 2.45) is 0 Å². The van der Waals surface area contributed by atoms with Crippen molar-refractivity contribution in [3.63, 3.8) is 0 Å². The molecule has 0 fully saturated rings. The predicted octanol–water partition coefficient (Wildman–Crippen LogP) is 3.33. The van der Waals surface area contributed by atoms with Crippen LogP contribution in [-0.2, 0) is 6.54 Å². The molecule has 0 unspecified atom stereocenters. The molecule has 18 heavy (non-hydrogen) atoms. The molecule has 0 saturated heterocycles. The average molecular weight is 264 g/mol. The third-order valence-corrected chi connectivity index (χ3v) is 3.24. The average Bonchev–Trinajstić information content (AvgIpc) is 2.68. The first kappa shape index (κ1) is 13.1. The Morgan fingerprint density at radius 2 is 2.00 bits per heavy atom. The quantitative estimate of drug-likeness (QED) is 0.839. The highest BCUT2D eigenvalue weighted by molar-refractivity contribution is 6.30. The van der Waals surface area contributed by atoms with Gasteiger partial charge in [0, 0.05) is 12.1 Å². The van der Waals surface area contributed by atoms with E-state index >= 15 is 0 Å². The molecule has 2 rings (SSSR count). The molecule has 1 aromatic heterocycles. The van der Waals surface area contributed by atoms with E-state index in [1.54, 1.807) is 4.68 Å². The van der Waals surface area contributed by atoms with E-state index < -0.39 is 0 Å². The molecule has 0 aliphatic heterocycles.